The van der Waals surface area contributed by atoms with E-state index in [2.05, 4.69) is 10.6 Å². The third-order valence-electron chi connectivity index (χ3n) is 1.63. The van der Waals surface area contributed by atoms with Crippen molar-refractivity contribution in [3.63, 3.8) is 0 Å². The molecule has 1 fully saturated rings. The van der Waals surface area contributed by atoms with Gasteiger partial charge in [0, 0.05) is 18.6 Å². The second-order valence-electron chi connectivity index (χ2n) is 3.01. The maximum absolute atomic E-state index is 10.7. The number of hydrogen-bond donors (Lipinski definition) is 3. The van der Waals surface area contributed by atoms with Crippen LogP contribution in [0.4, 0.5) is 4.79 Å². The van der Waals surface area contributed by atoms with E-state index < -0.39 is 0 Å². The van der Waals surface area contributed by atoms with E-state index in [9.17, 15) is 4.79 Å². The fourth-order valence-electron chi connectivity index (χ4n) is 0.895. The lowest BCUT2D eigenvalue weighted by molar-refractivity contribution is 0.242. The third kappa shape index (κ3) is 1.88. The van der Waals surface area contributed by atoms with Gasteiger partial charge in [-0.2, -0.15) is 0 Å². The van der Waals surface area contributed by atoms with Crippen molar-refractivity contribution in [1.82, 2.24) is 10.6 Å². The van der Waals surface area contributed by atoms with E-state index in [1.807, 2.05) is 6.92 Å². The molecule has 58 valence electrons. The highest BCUT2D eigenvalue weighted by atomic mass is 16.2. The van der Waals surface area contributed by atoms with Crippen LogP contribution in [-0.4, -0.2) is 24.7 Å². The Labute approximate surface area is 60.2 Å². The van der Waals surface area contributed by atoms with Gasteiger partial charge in [-0.3, -0.25) is 0 Å². The molecule has 1 saturated heterocycles. The van der Waals surface area contributed by atoms with E-state index in [4.69, 9.17) is 5.73 Å². The van der Waals surface area contributed by atoms with E-state index >= 15 is 0 Å². The molecular formula is C6H13N3O. The molecule has 0 spiro atoms. The fraction of sp³-hybridized carbons (Fsp3) is 0.833. The van der Waals surface area contributed by atoms with E-state index in [1.54, 1.807) is 0 Å². The number of carbonyl (C=O) groups excluding carboxylic acids is 1. The van der Waals surface area contributed by atoms with Gasteiger partial charge >= 0.3 is 6.03 Å². The molecule has 1 rings (SSSR count). The summed E-state index contributed by atoms with van der Waals surface area (Å²) in [5.41, 5.74) is 5.53. The molecule has 1 heterocycles. The molecule has 0 aromatic rings. The minimum Gasteiger partial charge on any atom is -0.338 e. The predicted molar refractivity (Wildman–Crippen MR) is 38.6 cm³/mol. The average Bonchev–Trinajstić information content (AvgIpc) is 1.94. The molecule has 1 atom stereocenters. The minimum absolute atomic E-state index is 0.117. The Morgan fingerprint density at radius 3 is 3.00 bits per heavy atom. The van der Waals surface area contributed by atoms with Gasteiger partial charge in [-0.15, -0.1) is 0 Å². The van der Waals surface area contributed by atoms with Crippen molar-refractivity contribution in [2.75, 3.05) is 13.1 Å². The van der Waals surface area contributed by atoms with Gasteiger partial charge in [0.25, 0.3) is 0 Å². The highest BCUT2D eigenvalue weighted by Gasteiger charge is 2.21. The standard InChI is InChI=1S/C6H13N3O/c1-6(7)2-3-8-5(10)9-4-6/h2-4,7H2,1H3,(H2,8,9,10). The Bertz CT molecular complexity index is 144. The van der Waals surface area contributed by atoms with Crippen LogP contribution in [0.3, 0.4) is 0 Å². The summed E-state index contributed by atoms with van der Waals surface area (Å²) in [6, 6.07) is -0.117. The Balaban J connectivity index is 2.48. The van der Waals surface area contributed by atoms with Gasteiger partial charge in [0.15, 0.2) is 0 Å². The fourth-order valence-corrected chi connectivity index (χ4v) is 0.895. The monoisotopic (exact) mass is 143 g/mol. The van der Waals surface area contributed by atoms with Crippen LogP contribution in [0.1, 0.15) is 13.3 Å². The Kier molecular flexibility index (Phi) is 1.80. The van der Waals surface area contributed by atoms with Crippen LogP contribution in [0.5, 0.6) is 0 Å². The van der Waals surface area contributed by atoms with Crippen molar-refractivity contribution in [3.05, 3.63) is 0 Å². The zero-order valence-corrected chi connectivity index (χ0v) is 6.11. The van der Waals surface area contributed by atoms with Crippen LogP contribution in [-0.2, 0) is 0 Å². The number of nitrogens with one attached hydrogen (secondary N) is 2. The molecule has 4 heteroatoms. The molecule has 4 N–H and O–H groups in total. The SMILES string of the molecule is CC1(N)CCNC(=O)NC1. The summed E-state index contributed by atoms with van der Waals surface area (Å²) in [5.74, 6) is 0. The largest absolute Gasteiger partial charge is 0.338 e. The lowest BCUT2D eigenvalue weighted by atomic mass is 10.0. The number of urea groups is 1. The molecule has 1 aliphatic heterocycles. The summed E-state index contributed by atoms with van der Waals surface area (Å²) < 4.78 is 0. The minimum atomic E-state index is -0.251. The van der Waals surface area contributed by atoms with Crippen LogP contribution in [0.15, 0.2) is 0 Å². The molecular weight excluding hydrogens is 130 g/mol. The molecule has 0 saturated carbocycles. The molecule has 2 amide bonds. The van der Waals surface area contributed by atoms with Crippen molar-refractivity contribution in [2.24, 2.45) is 5.73 Å². The van der Waals surface area contributed by atoms with Crippen molar-refractivity contribution >= 4 is 6.03 Å². The maximum atomic E-state index is 10.7. The summed E-state index contributed by atoms with van der Waals surface area (Å²) in [6.07, 6.45) is 0.825. The smallest absolute Gasteiger partial charge is 0.314 e. The van der Waals surface area contributed by atoms with E-state index in [1.165, 1.54) is 0 Å². The molecule has 1 aliphatic rings. The number of amides is 2. The van der Waals surface area contributed by atoms with Gasteiger partial charge < -0.3 is 16.4 Å². The first-order chi connectivity index (χ1) is 4.60. The van der Waals surface area contributed by atoms with Gasteiger partial charge in [0.2, 0.25) is 0 Å². The second-order valence-corrected chi connectivity index (χ2v) is 3.01. The normalized spacial score (nSPS) is 34.0. The first-order valence-corrected chi connectivity index (χ1v) is 3.41. The van der Waals surface area contributed by atoms with Crippen LogP contribution < -0.4 is 16.4 Å². The van der Waals surface area contributed by atoms with E-state index in [-0.39, 0.29) is 11.6 Å². The quantitative estimate of drug-likeness (QED) is 0.424. The van der Waals surface area contributed by atoms with Crippen LogP contribution in [0, 0.1) is 0 Å². The summed E-state index contributed by atoms with van der Waals surface area (Å²) in [7, 11) is 0. The summed E-state index contributed by atoms with van der Waals surface area (Å²) >= 11 is 0. The first kappa shape index (κ1) is 7.34. The van der Waals surface area contributed by atoms with Gasteiger partial charge in [0.05, 0.1) is 0 Å². The summed E-state index contributed by atoms with van der Waals surface area (Å²) in [6.45, 7) is 3.15. The van der Waals surface area contributed by atoms with Crippen LogP contribution in [0.25, 0.3) is 0 Å². The molecule has 10 heavy (non-hydrogen) atoms. The predicted octanol–water partition coefficient (Wildman–Crippen LogP) is -0.593. The summed E-state index contributed by atoms with van der Waals surface area (Å²) in [4.78, 5) is 10.7. The Morgan fingerprint density at radius 1 is 1.60 bits per heavy atom. The van der Waals surface area contributed by atoms with Gasteiger partial charge in [-0.25, -0.2) is 4.79 Å². The van der Waals surface area contributed by atoms with Crippen molar-refractivity contribution in [2.45, 2.75) is 18.9 Å². The highest BCUT2D eigenvalue weighted by Crippen LogP contribution is 2.04. The Morgan fingerprint density at radius 2 is 2.30 bits per heavy atom. The lowest BCUT2D eigenvalue weighted by Gasteiger charge is -2.20. The van der Waals surface area contributed by atoms with Gasteiger partial charge in [0.1, 0.15) is 0 Å². The van der Waals surface area contributed by atoms with E-state index in [0.29, 0.717) is 13.1 Å². The number of carbonyl (C=O) groups is 1. The summed E-state index contributed by atoms with van der Waals surface area (Å²) in [5, 5.41) is 5.33. The third-order valence-corrected chi connectivity index (χ3v) is 1.63. The average molecular weight is 143 g/mol. The zero-order valence-electron chi connectivity index (χ0n) is 6.11. The second kappa shape index (κ2) is 2.46. The lowest BCUT2D eigenvalue weighted by Crippen LogP contribution is -2.45. The van der Waals surface area contributed by atoms with Gasteiger partial charge in [-0.1, -0.05) is 0 Å². The number of hydrogen-bond acceptors (Lipinski definition) is 2. The zero-order chi connectivity index (χ0) is 7.61. The topological polar surface area (TPSA) is 67.1 Å². The number of nitrogens with two attached hydrogens (primary N) is 1. The maximum Gasteiger partial charge on any atom is 0.314 e. The number of rotatable bonds is 0. The molecule has 0 aromatic heterocycles. The van der Waals surface area contributed by atoms with Crippen LogP contribution >= 0.6 is 0 Å². The molecule has 0 bridgehead atoms. The van der Waals surface area contributed by atoms with Gasteiger partial charge in [-0.05, 0) is 13.3 Å². The first-order valence-electron chi connectivity index (χ1n) is 3.41. The molecule has 0 aromatic carbocycles. The molecule has 4 nitrogen and oxygen atoms in total. The van der Waals surface area contributed by atoms with Crippen molar-refractivity contribution < 1.29 is 4.79 Å². The van der Waals surface area contributed by atoms with Crippen LogP contribution in [0.2, 0.25) is 0 Å². The van der Waals surface area contributed by atoms with Crippen molar-refractivity contribution in [1.29, 1.82) is 0 Å². The molecule has 0 radical (unpaired) electrons. The van der Waals surface area contributed by atoms with E-state index in [0.717, 1.165) is 6.42 Å². The highest BCUT2D eigenvalue weighted by molar-refractivity contribution is 5.74. The van der Waals surface area contributed by atoms with Crippen molar-refractivity contribution in [3.8, 4) is 0 Å². The Hall–Kier alpha value is -0.770. The molecule has 0 aliphatic carbocycles. The molecule has 1 unspecified atom stereocenters.